The average Bonchev–Trinajstić information content (AvgIpc) is 2.67. The smallest absolute Gasteiger partial charge is 0.241 e. The molecule has 82 valence electrons. The highest BCUT2D eigenvalue weighted by atomic mass is 79.9. The Morgan fingerprint density at radius 3 is 2.73 bits per heavy atom. The second-order valence-electron chi connectivity index (χ2n) is 3.44. The highest BCUT2D eigenvalue weighted by Crippen LogP contribution is 2.06. The Balaban J connectivity index is 2.37. The summed E-state index contributed by atoms with van der Waals surface area (Å²) in [5, 5.41) is 5.86. The lowest BCUT2D eigenvalue weighted by Gasteiger charge is -2.10. The van der Waals surface area contributed by atoms with Crippen LogP contribution < -0.4 is 10.6 Å². The maximum atomic E-state index is 11.6. The van der Waals surface area contributed by atoms with E-state index in [1.54, 1.807) is 12.2 Å². The lowest BCUT2D eigenvalue weighted by molar-refractivity contribution is -0.121. The predicted molar refractivity (Wildman–Crippen MR) is 65.5 cm³/mol. The van der Waals surface area contributed by atoms with E-state index in [0.717, 1.165) is 23.9 Å². The molecular weight excluding hydrogens is 256 g/mol. The van der Waals surface area contributed by atoms with Crippen LogP contribution in [0.2, 0.25) is 0 Å². The minimum Gasteiger partial charge on any atom is -0.325 e. The zero-order valence-electron chi connectivity index (χ0n) is 8.55. The number of carbonyl (C=O) groups excluding carboxylic acids is 1. The number of nitrogens with one attached hydrogen (secondary N) is 2. The van der Waals surface area contributed by atoms with E-state index in [9.17, 15) is 4.79 Å². The van der Waals surface area contributed by atoms with Crippen molar-refractivity contribution in [2.24, 2.45) is 0 Å². The molecule has 0 aromatic carbocycles. The highest BCUT2D eigenvalue weighted by Gasteiger charge is 2.21. The molecule has 1 amide bonds. The van der Waals surface area contributed by atoms with E-state index in [4.69, 9.17) is 0 Å². The number of rotatable bonds is 4. The zero-order valence-corrected chi connectivity index (χ0v) is 10.1. The van der Waals surface area contributed by atoms with Crippen LogP contribution in [0.25, 0.3) is 0 Å². The van der Waals surface area contributed by atoms with Crippen LogP contribution in [-0.2, 0) is 4.79 Å². The molecule has 3 nitrogen and oxygen atoms in total. The second kappa shape index (κ2) is 5.88. The first-order chi connectivity index (χ1) is 7.09. The molecule has 0 spiro atoms. The zero-order chi connectivity index (χ0) is 11.3. The first-order valence-corrected chi connectivity index (χ1v) is 5.64. The lowest BCUT2D eigenvalue weighted by Crippen LogP contribution is -2.39. The van der Waals surface area contributed by atoms with Gasteiger partial charge in [0.25, 0.3) is 0 Å². The maximum absolute atomic E-state index is 11.6. The third-order valence-electron chi connectivity index (χ3n) is 2.13. The molecule has 1 aliphatic heterocycles. The molecule has 1 fully saturated rings. The maximum Gasteiger partial charge on any atom is 0.241 e. The Bertz CT molecular complexity index is 304. The van der Waals surface area contributed by atoms with Gasteiger partial charge in [0, 0.05) is 10.2 Å². The number of carbonyl (C=O) groups is 1. The Morgan fingerprint density at radius 1 is 1.47 bits per heavy atom. The molecule has 1 saturated heterocycles. The van der Waals surface area contributed by atoms with Crippen LogP contribution in [0.1, 0.15) is 12.8 Å². The van der Waals surface area contributed by atoms with Gasteiger partial charge in [-0.2, -0.15) is 0 Å². The summed E-state index contributed by atoms with van der Waals surface area (Å²) < 4.78 is 0.747. The van der Waals surface area contributed by atoms with E-state index in [-0.39, 0.29) is 11.9 Å². The normalized spacial score (nSPS) is 20.5. The Kier molecular flexibility index (Phi) is 4.78. The number of halogens is 1. The van der Waals surface area contributed by atoms with Gasteiger partial charge in [0.2, 0.25) is 5.91 Å². The van der Waals surface area contributed by atoms with Gasteiger partial charge in [-0.25, -0.2) is 0 Å². The van der Waals surface area contributed by atoms with E-state index >= 15 is 0 Å². The second-order valence-corrected chi connectivity index (χ2v) is 4.46. The van der Waals surface area contributed by atoms with Gasteiger partial charge in [0.05, 0.1) is 6.04 Å². The summed E-state index contributed by atoms with van der Waals surface area (Å²) in [5.74, 6) is -0.0117. The average molecular weight is 271 g/mol. The fourth-order valence-electron chi connectivity index (χ4n) is 1.39. The van der Waals surface area contributed by atoms with Crippen molar-refractivity contribution in [2.45, 2.75) is 18.9 Å². The monoisotopic (exact) mass is 270 g/mol. The lowest BCUT2D eigenvalue weighted by atomic mass is 10.2. The van der Waals surface area contributed by atoms with Crippen molar-refractivity contribution >= 4 is 21.8 Å². The molecule has 0 aliphatic carbocycles. The van der Waals surface area contributed by atoms with Crippen LogP contribution in [-0.4, -0.2) is 18.5 Å². The van der Waals surface area contributed by atoms with Crippen LogP contribution in [0.3, 0.4) is 0 Å². The van der Waals surface area contributed by atoms with Crippen molar-refractivity contribution in [3.8, 4) is 0 Å². The van der Waals surface area contributed by atoms with Gasteiger partial charge in [0.1, 0.15) is 0 Å². The third kappa shape index (κ3) is 4.44. The molecule has 0 aromatic heterocycles. The Morgan fingerprint density at radius 2 is 2.20 bits per heavy atom. The van der Waals surface area contributed by atoms with Crippen molar-refractivity contribution in [1.82, 2.24) is 10.6 Å². The summed E-state index contributed by atoms with van der Waals surface area (Å²) >= 11 is 3.19. The first kappa shape index (κ1) is 12.2. The summed E-state index contributed by atoms with van der Waals surface area (Å²) in [4.78, 5) is 11.6. The van der Waals surface area contributed by atoms with Gasteiger partial charge in [-0.3, -0.25) is 4.79 Å². The molecule has 1 rings (SSSR count). The molecule has 1 aliphatic rings. The summed E-state index contributed by atoms with van der Waals surface area (Å²) in [6.07, 6.45) is 5.40. The number of amides is 1. The van der Waals surface area contributed by atoms with E-state index in [2.05, 4.69) is 39.7 Å². The quantitative estimate of drug-likeness (QED) is 0.766. The molecule has 0 bridgehead atoms. The van der Waals surface area contributed by atoms with E-state index in [1.165, 1.54) is 0 Å². The molecule has 0 radical (unpaired) electrons. The summed E-state index contributed by atoms with van der Waals surface area (Å²) in [5.41, 5.74) is 0.578. The van der Waals surface area contributed by atoms with Crippen molar-refractivity contribution in [1.29, 1.82) is 0 Å². The fourth-order valence-corrected chi connectivity index (χ4v) is 1.52. The van der Waals surface area contributed by atoms with Gasteiger partial charge in [-0.05, 0) is 31.5 Å². The highest BCUT2D eigenvalue weighted by molar-refractivity contribution is 9.11. The molecule has 1 atom stereocenters. The fraction of sp³-hybridized carbons (Fsp3) is 0.364. The first-order valence-electron chi connectivity index (χ1n) is 4.85. The molecular formula is C11H15BrN2O. The van der Waals surface area contributed by atoms with Crippen molar-refractivity contribution < 1.29 is 4.79 Å². The Hall–Kier alpha value is -0.870. The van der Waals surface area contributed by atoms with Crippen LogP contribution in [0.5, 0.6) is 0 Å². The molecule has 1 unspecified atom stereocenters. The number of allylic oxidation sites excluding steroid dienone is 3. The van der Waals surface area contributed by atoms with Crippen LogP contribution in [0.15, 0.2) is 35.5 Å². The molecule has 0 aromatic rings. The van der Waals surface area contributed by atoms with Gasteiger partial charge < -0.3 is 10.6 Å². The number of hydrogen-bond acceptors (Lipinski definition) is 2. The summed E-state index contributed by atoms with van der Waals surface area (Å²) in [7, 11) is 0. The summed E-state index contributed by atoms with van der Waals surface area (Å²) in [6.45, 7) is 8.29. The molecule has 0 saturated carbocycles. The van der Waals surface area contributed by atoms with E-state index in [0.29, 0.717) is 5.70 Å². The summed E-state index contributed by atoms with van der Waals surface area (Å²) in [6, 6.07) is -0.0673. The van der Waals surface area contributed by atoms with Crippen LogP contribution >= 0.6 is 15.9 Å². The predicted octanol–water partition coefficient (Wildman–Crippen LogP) is 1.83. The SMILES string of the molecule is C=C(Br)/C=C\C(=C)NC(=O)C1CCCN1. The van der Waals surface area contributed by atoms with Gasteiger partial charge >= 0.3 is 0 Å². The molecule has 15 heavy (non-hydrogen) atoms. The molecule has 2 N–H and O–H groups in total. The van der Waals surface area contributed by atoms with Gasteiger partial charge in [-0.1, -0.05) is 29.1 Å². The minimum atomic E-state index is -0.0673. The van der Waals surface area contributed by atoms with Crippen LogP contribution in [0, 0.1) is 0 Å². The van der Waals surface area contributed by atoms with Gasteiger partial charge in [0.15, 0.2) is 0 Å². The molecule has 1 heterocycles. The minimum absolute atomic E-state index is 0.0117. The Labute approximate surface area is 98.4 Å². The van der Waals surface area contributed by atoms with Crippen molar-refractivity contribution in [2.75, 3.05) is 6.54 Å². The number of hydrogen-bond donors (Lipinski definition) is 2. The van der Waals surface area contributed by atoms with E-state index < -0.39 is 0 Å². The topological polar surface area (TPSA) is 41.1 Å². The molecule has 4 heteroatoms. The van der Waals surface area contributed by atoms with Gasteiger partial charge in [-0.15, -0.1) is 0 Å². The van der Waals surface area contributed by atoms with E-state index in [1.807, 2.05) is 0 Å². The largest absolute Gasteiger partial charge is 0.325 e. The van der Waals surface area contributed by atoms with Crippen molar-refractivity contribution in [3.63, 3.8) is 0 Å². The standard InChI is InChI=1S/C11H15BrN2O/c1-8(12)5-6-9(2)14-11(15)10-4-3-7-13-10/h5-6,10,13H,1-4,7H2,(H,14,15)/b6-5-. The van der Waals surface area contributed by atoms with Crippen molar-refractivity contribution in [3.05, 3.63) is 35.5 Å². The third-order valence-corrected chi connectivity index (χ3v) is 2.39. The van der Waals surface area contributed by atoms with Crippen LogP contribution in [0.4, 0.5) is 0 Å².